The highest BCUT2D eigenvalue weighted by Crippen LogP contribution is 2.38. The Kier molecular flexibility index (Phi) is 5.52. The zero-order valence-electron chi connectivity index (χ0n) is 13.5. The molecule has 5 nitrogen and oxygen atoms in total. The minimum Gasteiger partial charge on any atom is -0.481 e. The molecular weight excluding hydrogens is 405 g/mol. The van der Waals surface area contributed by atoms with Gasteiger partial charge in [-0.2, -0.15) is 13.2 Å². The number of halogens is 4. The van der Waals surface area contributed by atoms with E-state index in [-0.39, 0.29) is 39.4 Å². The Morgan fingerprint density at radius 1 is 1.26 bits per heavy atom. The van der Waals surface area contributed by atoms with Gasteiger partial charge in [0.15, 0.2) is 12.4 Å². The Morgan fingerprint density at radius 3 is 2.74 bits per heavy atom. The van der Waals surface area contributed by atoms with Gasteiger partial charge in [-0.15, -0.1) is 11.8 Å². The van der Waals surface area contributed by atoms with E-state index in [1.54, 1.807) is 12.1 Å². The van der Waals surface area contributed by atoms with Crippen LogP contribution in [-0.2, 0) is 4.79 Å². The van der Waals surface area contributed by atoms with Crippen molar-refractivity contribution in [2.75, 3.05) is 23.0 Å². The molecule has 142 valence electrons. The predicted octanol–water partition coefficient (Wildman–Crippen LogP) is 4.58. The lowest BCUT2D eigenvalue weighted by Gasteiger charge is -2.20. The van der Waals surface area contributed by atoms with Crippen molar-refractivity contribution in [1.82, 2.24) is 0 Å². The normalized spacial score (nSPS) is 13.4. The van der Waals surface area contributed by atoms with E-state index in [2.05, 4.69) is 10.6 Å². The van der Waals surface area contributed by atoms with Crippen LogP contribution in [0.15, 0.2) is 41.3 Å². The molecule has 2 aromatic carbocycles. The fourth-order valence-electron chi connectivity index (χ4n) is 2.39. The second-order valence-electron chi connectivity index (χ2n) is 5.49. The number of rotatable bonds is 4. The van der Waals surface area contributed by atoms with Gasteiger partial charge in [-0.3, -0.25) is 9.59 Å². The average Bonchev–Trinajstić information content (AvgIpc) is 2.59. The molecule has 3 rings (SSSR count). The molecule has 2 N–H and O–H groups in total. The van der Waals surface area contributed by atoms with Crippen LogP contribution >= 0.6 is 23.4 Å². The van der Waals surface area contributed by atoms with Gasteiger partial charge in [-0.25, -0.2) is 0 Å². The van der Waals surface area contributed by atoms with Crippen LogP contribution in [0.3, 0.4) is 0 Å². The summed E-state index contributed by atoms with van der Waals surface area (Å²) in [6, 6.07) is 9.04. The lowest BCUT2D eigenvalue weighted by molar-refractivity contribution is -0.118. The molecule has 2 aromatic rings. The molecule has 0 aromatic heterocycles. The Morgan fingerprint density at radius 2 is 2.00 bits per heavy atom. The van der Waals surface area contributed by atoms with E-state index in [1.807, 2.05) is 0 Å². The van der Waals surface area contributed by atoms with E-state index in [9.17, 15) is 22.8 Å². The molecule has 1 aliphatic rings. The summed E-state index contributed by atoms with van der Waals surface area (Å²) in [6.07, 6.45) is -4.38. The number of hydrogen-bond donors (Lipinski definition) is 2. The van der Waals surface area contributed by atoms with Crippen molar-refractivity contribution in [1.29, 1.82) is 0 Å². The third-order valence-corrected chi connectivity index (χ3v) is 5.10. The maximum atomic E-state index is 12.7. The molecule has 1 heterocycles. The third kappa shape index (κ3) is 4.67. The second kappa shape index (κ2) is 7.69. The van der Waals surface area contributed by atoms with Crippen molar-refractivity contribution in [3.63, 3.8) is 0 Å². The van der Waals surface area contributed by atoms with Gasteiger partial charge in [-0.1, -0.05) is 23.7 Å². The maximum Gasteiger partial charge on any atom is 0.398 e. The number of benzene rings is 2. The van der Waals surface area contributed by atoms with Gasteiger partial charge in [0, 0.05) is 4.90 Å². The highest BCUT2D eigenvalue weighted by atomic mass is 35.5. The largest absolute Gasteiger partial charge is 0.481 e. The Balaban J connectivity index is 1.86. The van der Waals surface area contributed by atoms with Gasteiger partial charge in [0.05, 0.1) is 27.7 Å². The highest BCUT2D eigenvalue weighted by molar-refractivity contribution is 7.99. The van der Waals surface area contributed by atoms with E-state index >= 15 is 0 Å². The summed E-state index contributed by atoms with van der Waals surface area (Å²) < 4.78 is 43.0. The van der Waals surface area contributed by atoms with Crippen LogP contribution in [0.2, 0.25) is 5.02 Å². The lowest BCUT2D eigenvalue weighted by atomic mass is 10.1. The minimum atomic E-state index is -4.38. The first kappa shape index (κ1) is 19.4. The van der Waals surface area contributed by atoms with Crippen LogP contribution in [-0.4, -0.2) is 30.4 Å². The van der Waals surface area contributed by atoms with Crippen molar-refractivity contribution in [3.05, 3.63) is 47.0 Å². The van der Waals surface area contributed by atoms with Crippen molar-refractivity contribution in [3.8, 4) is 5.75 Å². The first-order chi connectivity index (χ1) is 12.7. The molecular formula is C17H12ClF3N2O3S. The quantitative estimate of drug-likeness (QED) is 0.716. The molecule has 0 bridgehead atoms. The fourth-order valence-corrected chi connectivity index (χ4v) is 3.52. The molecule has 2 amide bonds. The van der Waals surface area contributed by atoms with Crippen molar-refractivity contribution >= 4 is 46.6 Å². The number of anilines is 2. The van der Waals surface area contributed by atoms with E-state index in [1.165, 1.54) is 24.3 Å². The summed E-state index contributed by atoms with van der Waals surface area (Å²) in [5, 5.41) is 5.24. The Labute approximate surface area is 161 Å². The predicted molar refractivity (Wildman–Crippen MR) is 96.8 cm³/mol. The summed E-state index contributed by atoms with van der Waals surface area (Å²) in [4.78, 5) is 24.2. The van der Waals surface area contributed by atoms with Gasteiger partial charge in [0.25, 0.3) is 11.8 Å². The monoisotopic (exact) mass is 416 g/mol. The van der Waals surface area contributed by atoms with Crippen LogP contribution in [0, 0.1) is 0 Å². The number of alkyl halides is 3. The summed E-state index contributed by atoms with van der Waals surface area (Å²) in [5.74, 6) is -1.89. The van der Waals surface area contributed by atoms with Gasteiger partial charge < -0.3 is 15.4 Å². The van der Waals surface area contributed by atoms with E-state index in [0.717, 1.165) is 0 Å². The van der Waals surface area contributed by atoms with Crippen LogP contribution in [0.25, 0.3) is 0 Å². The molecule has 0 aliphatic carbocycles. The van der Waals surface area contributed by atoms with Crippen molar-refractivity contribution < 1.29 is 27.5 Å². The Bertz CT molecular complexity index is 905. The molecule has 27 heavy (non-hydrogen) atoms. The smallest absolute Gasteiger partial charge is 0.398 e. The molecule has 0 fully saturated rings. The molecule has 0 unspecified atom stereocenters. The number of para-hydroxylation sites is 1. The summed E-state index contributed by atoms with van der Waals surface area (Å²) in [5.41, 5.74) is 0.634. The lowest BCUT2D eigenvalue weighted by Crippen LogP contribution is -2.27. The number of nitrogens with one attached hydrogen (secondary N) is 2. The SMILES string of the molecule is O=C1COc2c(cccc2C(=O)Nc2cccc(Cl)c2SCC(F)(F)F)N1. The highest BCUT2D eigenvalue weighted by Gasteiger charge is 2.29. The molecule has 0 atom stereocenters. The van der Waals surface area contributed by atoms with Gasteiger partial charge in [0.2, 0.25) is 0 Å². The second-order valence-corrected chi connectivity index (χ2v) is 6.89. The number of hydrogen-bond acceptors (Lipinski definition) is 4. The van der Waals surface area contributed by atoms with Crippen LogP contribution in [0.1, 0.15) is 10.4 Å². The van der Waals surface area contributed by atoms with Gasteiger partial charge in [-0.05, 0) is 24.3 Å². The molecule has 0 saturated heterocycles. The minimum absolute atomic E-state index is 0.0978. The third-order valence-electron chi connectivity index (χ3n) is 3.48. The van der Waals surface area contributed by atoms with Crippen molar-refractivity contribution in [2.24, 2.45) is 0 Å². The van der Waals surface area contributed by atoms with E-state index in [4.69, 9.17) is 16.3 Å². The summed E-state index contributed by atoms with van der Waals surface area (Å²) in [7, 11) is 0. The standard InChI is InChI=1S/C17H12ClF3N2O3S/c18-10-4-2-6-12(15(10)27-8-17(19,20)21)23-16(25)9-3-1-5-11-14(9)26-7-13(24)22-11/h1-6H,7-8H2,(H,22,24)(H,23,25). The van der Waals surface area contributed by atoms with E-state index < -0.39 is 17.8 Å². The van der Waals surface area contributed by atoms with E-state index in [0.29, 0.717) is 17.4 Å². The average molecular weight is 417 g/mol. The first-order valence-electron chi connectivity index (χ1n) is 7.59. The van der Waals surface area contributed by atoms with Crippen molar-refractivity contribution in [2.45, 2.75) is 11.1 Å². The number of amides is 2. The number of carbonyl (C=O) groups is 2. The number of thioether (sulfide) groups is 1. The first-order valence-corrected chi connectivity index (χ1v) is 8.96. The summed E-state index contributed by atoms with van der Waals surface area (Å²) in [6.45, 7) is -0.235. The molecule has 1 aliphatic heterocycles. The summed E-state index contributed by atoms with van der Waals surface area (Å²) >= 11 is 6.49. The molecule has 0 radical (unpaired) electrons. The van der Waals surface area contributed by atoms with Crippen LogP contribution < -0.4 is 15.4 Å². The number of fused-ring (bicyclic) bond motifs is 1. The zero-order valence-corrected chi connectivity index (χ0v) is 15.1. The Hall–Kier alpha value is -2.39. The topological polar surface area (TPSA) is 67.4 Å². The van der Waals surface area contributed by atoms with Gasteiger partial charge >= 0.3 is 6.18 Å². The zero-order chi connectivity index (χ0) is 19.6. The fraction of sp³-hybridized carbons (Fsp3) is 0.176. The van der Waals surface area contributed by atoms with Crippen LogP contribution in [0.5, 0.6) is 5.75 Å². The molecule has 0 spiro atoms. The number of carbonyl (C=O) groups excluding carboxylic acids is 2. The maximum absolute atomic E-state index is 12.7. The molecule has 0 saturated carbocycles. The molecule has 10 heteroatoms. The van der Waals surface area contributed by atoms with Gasteiger partial charge in [0.1, 0.15) is 0 Å². The van der Waals surface area contributed by atoms with Crippen LogP contribution in [0.4, 0.5) is 24.5 Å². The number of ether oxygens (including phenoxy) is 1.